The number of aliphatic carboxylic acids is 1. The maximum atomic E-state index is 11.3. The summed E-state index contributed by atoms with van der Waals surface area (Å²) in [5, 5.41) is 13.2. The predicted molar refractivity (Wildman–Crippen MR) is 101 cm³/mol. The summed E-state index contributed by atoms with van der Waals surface area (Å²) >= 11 is 0. The molecular weight excluding hydrogens is 360 g/mol. The minimum Gasteiger partial charge on any atom is -0.481 e. The van der Waals surface area contributed by atoms with Crippen molar-refractivity contribution in [1.82, 2.24) is 15.1 Å². The van der Waals surface area contributed by atoms with Crippen LogP contribution in [0.25, 0.3) is 11.4 Å². The molecule has 2 aromatic heterocycles. The summed E-state index contributed by atoms with van der Waals surface area (Å²) in [6.07, 6.45) is 12.1. The van der Waals surface area contributed by atoms with Gasteiger partial charge in [-0.1, -0.05) is 50.1 Å². The number of carboxylic acids is 1. The van der Waals surface area contributed by atoms with Gasteiger partial charge in [-0.2, -0.15) is 4.98 Å². The standard InChI is InChI=1S/C20H26N4O4/c21-18(27)15-9-16(12-22-11-15)19-23-20(28-24-19)14(10-17(25)26)8-4-7-13-5-2-1-3-6-13/h9,11-14H,1-8,10H2,(H2,21,27)(H,25,26)/t14-/m1/s1. The number of rotatable bonds is 9. The molecule has 0 saturated heterocycles. The van der Waals surface area contributed by atoms with E-state index in [0.29, 0.717) is 17.9 Å². The average molecular weight is 386 g/mol. The van der Waals surface area contributed by atoms with Crippen LogP contribution in [0.15, 0.2) is 23.0 Å². The van der Waals surface area contributed by atoms with Gasteiger partial charge in [0.1, 0.15) is 0 Å². The summed E-state index contributed by atoms with van der Waals surface area (Å²) in [7, 11) is 0. The maximum absolute atomic E-state index is 11.3. The van der Waals surface area contributed by atoms with Crippen LogP contribution >= 0.6 is 0 Å². The van der Waals surface area contributed by atoms with Crippen LogP contribution in [0, 0.1) is 5.92 Å². The number of aromatic nitrogens is 3. The molecular formula is C20H26N4O4. The molecule has 1 fully saturated rings. The van der Waals surface area contributed by atoms with Crippen LogP contribution in [0.5, 0.6) is 0 Å². The molecule has 0 bridgehead atoms. The van der Waals surface area contributed by atoms with Gasteiger partial charge in [0, 0.05) is 23.9 Å². The Morgan fingerprint density at radius 1 is 1.25 bits per heavy atom. The highest BCUT2D eigenvalue weighted by Gasteiger charge is 2.23. The Kier molecular flexibility index (Phi) is 6.73. The van der Waals surface area contributed by atoms with Crippen molar-refractivity contribution in [2.45, 2.75) is 63.7 Å². The first kappa shape index (κ1) is 20.0. The van der Waals surface area contributed by atoms with Crippen molar-refractivity contribution in [3.63, 3.8) is 0 Å². The molecule has 1 atom stereocenters. The van der Waals surface area contributed by atoms with Crippen molar-refractivity contribution in [3.8, 4) is 11.4 Å². The molecule has 8 nitrogen and oxygen atoms in total. The van der Waals surface area contributed by atoms with Gasteiger partial charge in [0.15, 0.2) is 0 Å². The summed E-state index contributed by atoms with van der Waals surface area (Å²) in [4.78, 5) is 30.9. The Morgan fingerprint density at radius 2 is 2.04 bits per heavy atom. The molecule has 0 radical (unpaired) electrons. The molecule has 3 N–H and O–H groups in total. The van der Waals surface area contributed by atoms with Gasteiger partial charge in [-0.15, -0.1) is 0 Å². The first-order chi connectivity index (χ1) is 13.5. The van der Waals surface area contributed by atoms with Crippen molar-refractivity contribution in [1.29, 1.82) is 0 Å². The summed E-state index contributed by atoms with van der Waals surface area (Å²) in [6.45, 7) is 0. The third-order valence-corrected chi connectivity index (χ3v) is 5.38. The third kappa shape index (κ3) is 5.37. The lowest BCUT2D eigenvalue weighted by molar-refractivity contribution is -0.137. The Balaban J connectivity index is 1.68. The van der Waals surface area contributed by atoms with Crippen molar-refractivity contribution in [2.24, 2.45) is 11.7 Å². The molecule has 3 rings (SSSR count). The van der Waals surface area contributed by atoms with E-state index in [0.717, 1.165) is 18.8 Å². The van der Waals surface area contributed by atoms with E-state index in [2.05, 4.69) is 15.1 Å². The van der Waals surface area contributed by atoms with Gasteiger partial charge in [-0.05, 0) is 18.4 Å². The Labute approximate surface area is 163 Å². The lowest BCUT2D eigenvalue weighted by atomic mass is 9.84. The number of carbonyl (C=O) groups is 2. The number of pyridine rings is 1. The van der Waals surface area contributed by atoms with Crippen LogP contribution in [0.3, 0.4) is 0 Å². The third-order valence-electron chi connectivity index (χ3n) is 5.38. The molecule has 28 heavy (non-hydrogen) atoms. The fourth-order valence-corrected chi connectivity index (χ4v) is 3.87. The smallest absolute Gasteiger partial charge is 0.304 e. The van der Waals surface area contributed by atoms with Gasteiger partial charge in [-0.25, -0.2) is 0 Å². The van der Waals surface area contributed by atoms with Crippen molar-refractivity contribution in [3.05, 3.63) is 29.9 Å². The fourth-order valence-electron chi connectivity index (χ4n) is 3.87. The molecule has 0 aliphatic heterocycles. The first-order valence-electron chi connectivity index (χ1n) is 9.83. The highest BCUT2D eigenvalue weighted by molar-refractivity contribution is 5.93. The average Bonchev–Trinajstić information content (AvgIpc) is 3.18. The zero-order chi connectivity index (χ0) is 19.9. The molecule has 2 heterocycles. The molecule has 8 heteroatoms. The van der Waals surface area contributed by atoms with E-state index < -0.39 is 11.9 Å². The Morgan fingerprint density at radius 3 is 2.75 bits per heavy atom. The van der Waals surface area contributed by atoms with Gasteiger partial charge in [0.05, 0.1) is 12.0 Å². The van der Waals surface area contributed by atoms with Crippen LogP contribution in [0.1, 0.15) is 80.0 Å². The normalized spacial score (nSPS) is 16.0. The summed E-state index contributed by atoms with van der Waals surface area (Å²) < 4.78 is 5.36. The molecule has 0 aromatic carbocycles. The second-order valence-electron chi connectivity index (χ2n) is 7.51. The van der Waals surface area contributed by atoms with Crippen LogP contribution in [0.2, 0.25) is 0 Å². The molecule has 1 saturated carbocycles. The van der Waals surface area contributed by atoms with Crippen LogP contribution in [0.4, 0.5) is 0 Å². The quantitative estimate of drug-likeness (QED) is 0.673. The molecule has 0 spiro atoms. The van der Waals surface area contributed by atoms with Gasteiger partial charge in [0.2, 0.25) is 17.6 Å². The topological polar surface area (TPSA) is 132 Å². The van der Waals surface area contributed by atoms with Gasteiger partial charge in [-0.3, -0.25) is 14.6 Å². The van der Waals surface area contributed by atoms with Crippen molar-refractivity contribution < 1.29 is 19.2 Å². The van der Waals surface area contributed by atoms with E-state index in [1.54, 1.807) is 6.07 Å². The molecule has 150 valence electrons. The largest absolute Gasteiger partial charge is 0.481 e. The lowest BCUT2D eigenvalue weighted by Crippen LogP contribution is -2.11. The highest BCUT2D eigenvalue weighted by Crippen LogP contribution is 2.31. The Bertz CT molecular complexity index is 814. The fraction of sp³-hybridized carbons (Fsp3) is 0.550. The number of carbonyl (C=O) groups excluding carboxylic acids is 1. The van der Waals surface area contributed by atoms with E-state index >= 15 is 0 Å². The van der Waals surface area contributed by atoms with Crippen LogP contribution in [-0.2, 0) is 4.79 Å². The second-order valence-corrected chi connectivity index (χ2v) is 7.51. The van der Waals surface area contributed by atoms with E-state index in [4.69, 9.17) is 10.3 Å². The van der Waals surface area contributed by atoms with Crippen LogP contribution in [-0.4, -0.2) is 32.1 Å². The van der Waals surface area contributed by atoms with Crippen molar-refractivity contribution >= 4 is 11.9 Å². The molecule has 0 unspecified atom stereocenters. The first-order valence-corrected chi connectivity index (χ1v) is 9.83. The molecule has 1 amide bonds. The lowest BCUT2D eigenvalue weighted by Gasteiger charge is -2.21. The minimum atomic E-state index is -0.889. The highest BCUT2D eigenvalue weighted by atomic mass is 16.5. The van der Waals surface area contributed by atoms with Gasteiger partial charge in [0.25, 0.3) is 0 Å². The zero-order valence-corrected chi connectivity index (χ0v) is 15.8. The van der Waals surface area contributed by atoms with E-state index in [-0.39, 0.29) is 23.7 Å². The maximum Gasteiger partial charge on any atom is 0.304 e. The number of nitrogens with zero attached hydrogens (tertiary/aromatic N) is 3. The predicted octanol–water partition coefficient (Wildman–Crippen LogP) is 3.54. The SMILES string of the molecule is NC(=O)c1cncc(-c2noc([C@H](CCCC3CCCCC3)CC(=O)O)n2)c1. The number of hydrogen-bond donors (Lipinski definition) is 2. The minimum absolute atomic E-state index is 0.0497. The van der Waals surface area contributed by atoms with Crippen LogP contribution < -0.4 is 5.73 Å². The number of nitrogens with two attached hydrogens (primary N) is 1. The van der Waals surface area contributed by atoms with Gasteiger partial charge < -0.3 is 15.4 Å². The Hall–Kier alpha value is -2.77. The molecule has 1 aliphatic carbocycles. The second kappa shape index (κ2) is 9.43. The molecule has 1 aliphatic rings. The van der Waals surface area contributed by atoms with Crippen molar-refractivity contribution in [2.75, 3.05) is 0 Å². The summed E-state index contributed by atoms with van der Waals surface area (Å²) in [6, 6.07) is 1.54. The van der Waals surface area contributed by atoms with Gasteiger partial charge >= 0.3 is 5.97 Å². The number of hydrogen-bond acceptors (Lipinski definition) is 6. The molecule has 2 aromatic rings. The van der Waals surface area contributed by atoms with E-state index in [1.807, 2.05) is 0 Å². The summed E-state index contributed by atoms with van der Waals surface area (Å²) in [5.41, 5.74) is 6.03. The number of primary amides is 1. The number of carboxylic acid groups (broad SMARTS) is 1. The monoisotopic (exact) mass is 386 g/mol. The van der Waals surface area contributed by atoms with E-state index in [1.165, 1.54) is 44.5 Å². The number of amides is 1. The summed E-state index contributed by atoms with van der Waals surface area (Å²) in [5.74, 6) is -0.474. The zero-order valence-electron chi connectivity index (χ0n) is 15.8. The van der Waals surface area contributed by atoms with E-state index in [9.17, 15) is 14.7 Å².